The smallest absolute Gasteiger partial charge is 0.260 e. The average molecular weight is 564 g/mol. The summed E-state index contributed by atoms with van der Waals surface area (Å²) in [5, 5.41) is 7.03. The van der Waals surface area contributed by atoms with E-state index in [2.05, 4.69) is 45.6 Å². The molecule has 1 atom stereocenters. The van der Waals surface area contributed by atoms with Crippen molar-refractivity contribution in [2.75, 3.05) is 5.32 Å². The molecule has 0 aliphatic carbocycles. The molecule has 1 amide bonds. The van der Waals surface area contributed by atoms with Crippen LogP contribution < -0.4 is 15.4 Å². The number of benzene rings is 3. The lowest BCUT2D eigenvalue weighted by molar-refractivity contribution is -0.116. The molecule has 1 aliphatic heterocycles. The molecule has 0 radical (unpaired) electrons. The lowest BCUT2D eigenvalue weighted by Crippen LogP contribution is -2.30. The Labute approximate surface area is 215 Å². The van der Waals surface area contributed by atoms with Crippen molar-refractivity contribution in [1.82, 2.24) is 5.32 Å². The van der Waals surface area contributed by atoms with Crippen molar-refractivity contribution in [1.29, 1.82) is 0 Å². The summed E-state index contributed by atoms with van der Waals surface area (Å²) in [5.74, 6) is 0.271. The van der Waals surface area contributed by atoms with Crippen molar-refractivity contribution >= 4 is 68.6 Å². The molecule has 3 aromatic rings. The summed E-state index contributed by atoms with van der Waals surface area (Å²) >= 11 is 17.7. The third-order valence-corrected chi connectivity index (χ3v) is 7.12. The Balaban J connectivity index is 1.43. The van der Waals surface area contributed by atoms with Crippen molar-refractivity contribution in [2.45, 2.75) is 25.4 Å². The van der Waals surface area contributed by atoms with Gasteiger partial charge in [-0.15, -0.1) is 0 Å². The first-order valence-corrected chi connectivity index (χ1v) is 12.7. The highest BCUT2D eigenvalue weighted by molar-refractivity contribution is 9.10. The maximum absolute atomic E-state index is 12.5. The molecule has 4 rings (SSSR count). The van der Waals surface area contributed by atoms with Gasteiger partial charge in [0, 0.05) is 10.2 Å². The minimum absolute atomic E-state index is 0.148. The number of halogens is 3. The third kappa shape index (κ3) is 6.27. The van der Waals surface area contributed by atoms with E-state index in [1.54, 1.807) is 18.2 Å². The lowest BCUT2D eigenvalue weighted by Gasteiger charge is -2.13. The summed E-state index contributed by atoms with van der Waals surface area (Å²) in [7, 11) is 0. The molecule has 2 N–H and O–H groups in total. The summed E-state index contributed by atoms with van der Waals surface area (Å²) in [6, 6.07) is 19.5. The van der Waals surface area contributed by atoms with Crippen LogP contribution in [-0.4, -0.2) is 11.4 Å². The van der Waals surface area contributed by atoms with E-state index >= 15 is 0 Å². The predicted octanol–water partition coefficient (Wildman–Crippen LogP) is 7.50. The zero-order valence-corrected chi connectivity index (χ0v) is 21.6. The van der Waals surface area contributed by atoms with Gasteiger partial charge in [-0.3, -0.25) is 4.79 Å². The van der Waals surface area contributed by atoms with Gasteiger partial charge in [-0.2, -0.15) is 0 Å². The van der Waals surface area contributed by atoms with Crippen LogP contribution in [0.5, 0.6) is 5.75 Å². The Morgan fingerprint density at radius 2 is 1.70 bits per heavy atom. The molecule has 3 aromatic carbocycles. The number of amides is 1. The highest BCUT2D eigenvalue weighted by atomic mass is 79.9. The molecule has 1 heterocycles. The van der Waals surface area contributed by atoms with Crippen LogP contribution in [0.3, 0.4) is 0 Å². The number of nitrogens with one attached hydrogen (secondary N) is 2. The first-order chi connectivity index (χ1) is 15.9. The Morgan fingerprint density at radius 3 is 2.33 bits per heavy atom. The fourth-order valence-corrected chi connectivity index (χ4v) is 5.10. The number of ether oxygens (including phenoxy) is 1. The zero-order chi connectivity index (χ0) is 23.4. The number of anilines is 1. The number of rotatable bonds is 7. The van der Waals surface area contributed by atoms with Gasteiger partial charge in [-0.05, 0) is 65.6 Å². The van der Waals surface area contributed by atoms with E-state index in [4.69, 9.17) is 27.9 Å². The van der Waals surface area contributed by atoms with Crippen molar-refractivity contribution < 1.29 is 9.53 Å². The van der Waals surface area contributed by atoms with E-state index in [0.29, 0.717) is 27.3 Å². The summed E-state index contributed by atoms with van der Waals surface area (Å²) < 4.78 is 6.85. The lowest BCUT2D eigenvalue weighted by atomic mass is 10.1. The predicted molar refractivity (Wildman–Crippen MR) is 142 cm³/mol. The fraction of sp³-hybridized carbons (Fsp3) is 0.160. The van der Waals surface area contributed by atoms with Crippen LogP contribution in [0.2, 0.25) is 10.0 Å². The molecule has 0 aromatic heterocycles. The second-order valence-corrected chi connectivity index (χ2v) is 10.3. The van der Waals surface area contributed by atoms with Crippen LogP contribution in [-0.2, 0) is 17.8 Å². The second-order valence-electron chi connectivity index (χ2n) is 7.40. The van der Waals surface area contributed by atoms with Gasteiger partial charge >= 0.3 is 0 Å². The van der Waals surface area contributed by atoms with E-state index in [-0.39, 0.29) is 11.4 Å². The maximum Gasteiger partial charge on any atom is 0.260 e. The second kappa shape index (κ2) is 10.9. The SMILES string of the molecule is CCc1ccc(N[C@H]2NC(=O)/C(=C/c3cc(Cl)c(OCc4ccc(Br)cc4)c(Cl)c3)S2)cc1. The van der Waals surface area contributed by atoms with Crippen LogP contribution in [0.1, 0.15) is 23.6 Å². The molecule has 170 valence electrons. The van der Waals surface area contributed by atoms with Gasteiger partial charge in [0.15, 0.2) is 11.2 Å². The minimum atomic E-state index is -0.254. The van der Waals surface area contributed by atoms with Gasteiger partial charge in [0.05, 0.1) is 15.0 Å². The van der Waals surface area contributed by atoms with E-state index in [9.17, 15) is 4.79 Å². The molecular weight excluding hydrogens is 543 g/mol. The zero-order valence-electron chi connectivity index (χ0n) is 17.7. The number of aryl methyl sites for hydroxylation is 1. The van der Waals surface area contributed by atoms with Crippen LogP contribution in [0.15, 0.2) is 70.0 Å². The van der Waals surface area contributed by atoms with Crippen LogP contribution in [0.4, 0.5) is 5.69 Å². The van der Waals surface area contributed by atoms with Gasteiger partial charge in [0.2, 0.25) is 0 Å². The molecule has 4 nitrogen and oxygen atoms in total. The Hall–Kier alpha value is -2.12. The van der Waals surface area contributed by atoms with Gasteiger partial charge < -0.3 is 15.4 Å². The van der Waals surface area contributed by atoms with Crippen molar-refractivity contribution in [3.8, 4) is 5.75 Å². The number of hydrogen-bond acceptors (Lipinski definition) is 4. The molecule has 1 saturated heterocycles. The highest BCUT2D eigenvalue weighted by Gasteiger charge is 2.27. The number of carbonyl (C=O) groups excluding carboxylic acids is 1. The summed E-state index contributed by atoms with van der Waals surface area (Å²) in [6.45, 7) is 2.46. The normalized spacial score (nSPS) is 16.7. The Bertz CT molecular complexity index is 1160. The van der Waals surface area contributed by atoms with Gasteiger partial charge in [-0.1, -0.05) is 82.1 Å². The molecule has 1 fully saturated rings. The Kier molecular flexibility index (Phi) is 7.91. The van der Waals surface area contributed by atoms with Crippen molar-refractivity contribution in [3.63, 3.8) is 0 Å². The molecule has 0 unspecified atom stereocenters. The molecule has 8 heteroatoms. The van der Waals surface area contributed by atoms with Gasteiger partial charge in [0.1, 0.15) is 6.61 Å². The minimum Gasteiger partial charge on any atom is -0.486 e. The molecule has 0 saturated carbocycles. The van der Waals surface area contributed by atoms with Gasteiger partial charge in [-0.25, -0.2) is 0 Å². The van der Waals surface area contributed by atoms with Crippen LogP contribution in [0.25, 0.3) is 6.08 Å². The molecule has 0 spiro atoms. The van der Waals surface area contributed by atoms with Gasteiger partial charge in [0.25, 0.3) is 5.91 Å². The quantitative estimate of drug-likeness (QED) is 0.292. The largest absolute Gasteiger partial charge is 0.486 e. The molecule has 33 heavy (non-hydrogen) atoms. The number of thioether (sulfide) groups is 1. The van der Waals surface area contributed by atoms with Crippen LogP contribution >= 0.6 is 50.9 Å². The Morgan fingerprint density at radius 1 is 1.06 bits per heavy atom. The monoisotopic (exact) mass is 562 g/mol. The molecule has 0 bridgehead atoms. The number of carbonyl (C=O) groups is 1. The first kappa shape index (κ1) is 24.0. The standard InChI is InChI=1S/C25H21BrCl2N2O2S/c1-2-15-5-9-19(10-6-15)29-25-30-24(31)22(33-25)13-17-11-20(27)23(21(28)12-17)32-14-16-3-7-18(26)8-4-16/h3-13,25,29H,2,14H2,1H3,(H,30,31)/b22-13-/t25-/m0/s1. The molecule has 1 aliphatic rings. The van der Waals surface area contributed by atoms with Crippen molar-refractivity contribution in [3.05, 3.63) is 96.8 Å². The summed E-state index contributed by atoms with van der Waals surface area (Å²) in [5.41, 5.74) is 3.69. The van der Waals surface area contributed by atoms with E-state index in [1.807, 2.05) is 36.4 Å². The van der Waals surface area contributed by atoms with Crippen molar-refractivity contribution in [2.24, 2.45) is 0 Å². The van der Waals surface area contributed by atoms with E-state index in [0.717, 1.165) is 27.7 Å². The topological polar surface area (TPSA) is 50.4 Å². The van der Waals surface area contributed by atoms with E-state index in [1.165, 1.54) is 17.3 Å². The summed E-state index contributed by atoms with van der Waals surface area (Å²) in [6.07, 6.45) is 2.76. The highest BCUT2D eigenvalue weighted by Crippen LogP contribution is 2.37. The summed E-state index contributed by atoms with van der Waals surface area (Å²) in [4.78, 5) is 13.0. The third-order valence-electron chi connectivity index (χ3n) is 5.01. The maximum atomic E-state index is 12.5. The number of hydrogen-bond donors (Lipinski definition) is 2. The van der Waals surface area contributed by atoms with Crippen LogP contribution in [0, 0.1) is 0 Å². The molecular formula is C25H21BrCl2N2O2S. The average Bonchev–Trinajstić information content (AvgIpc) is 3.13. The van der Waals surface area contributed by atoms with E-state index < -0.39 is 0 Å². The first-order valence-electron chi connectivity index (χ1n) is 10.3. The fourth-order valence-electron chi connectivity index (χ4n) is 3.24.